The summed E-state index contributed by atoms with van der Waals surface area (Å²) in [6.45, 7) is 0. The molecule has 0 aromatic carbocycles. The van der Waals surface area contributed by atoms with E-state index in [1.165, 1.54) is 12.1 Å². The molecule has 3 nitrogen and oxygen atoms in total. The van der Waals surface area contributed by atoms with E-state index < -0.39 is 0 Å². The van der Waals surface area contributed by atoms with Crippen LogP contribution in [0.25, 0.3) is 0 Å². The summed E-state index contributed by atoms with van der Waals surface area (Å²) in [5.74, 6) is 0. The molecule has 1 fully saturated rings. The predicted molar refractivity (Wildman–Crippen MR) is 49.1 cm³/mol. The van der Waals surface area contributed by atoms with Gasteiger partial charge in [0.1, 0.15) is 0 Å². The Morgan fingerprint density at radius 1 is 1.42 bits per heavy atom. The summed E-state index contributed by atoms with van der Waals surface area (Å²) in [7, 11) is 0. The zero-order chi connectivity index (χ0) is 8.23. The largest absolute Gasteiger partial charge is 0.277 e. The van der Waals surface area contributed by atoms with Crippen molar-refractivity contribution in [3.63, 3.8) is 0 Å². The van der Waals surface area contributed by atoms with Crippen LogP contribution in [0.1, 0.15) is 19.3 Å². The zero-order valence-electron chi connectivity index (χ0n) is 6.83. The molecule has 12 heavy (non-hydrogen) atoms. The molecule has 0 bridgehead atoms. The van der Waals surface area contributed by atoms with Gasteiger partial charge < -0.3 is 0 Å². The summed E-state index contributed by atoms with van der Waals surface area (Å²) >= 11 is 0. The Kier molecular flexibility index (Phi) is 2.03. The monoisotopic (exact) mass is 161 g/mol. The van der Waals surface area contributed by atoms with Crippen LogP contribution in [0.4, 0.5) is 5.69 Å². The molecule has 62 valence electrons. The highest BCUT2D eigenvalue weighted by molar-refractivity contribution is 5.89. The highest BCUT2D eigenvalue weighted by Crippen LogP contribution is 2.14. The van der Waals surface area contributed by atoms with Crippen LogP contribution in [-0.4, -0.2) is 10.7 Å². The molecule has 0 spiro atoms. The lowest BCUT2D eigenvalue weighted by molar-refractivity contribution is 0.798. The fraction of sp³-hybridized carbons (Fsp3) is 0.333. The quantitative estimate of drug-likeness (QED) is 0.674. The van der Waals surface area contributed by atoms with E-state index in [0.29, 0.717) is 0 Å². The Labute approximate surface area is 71.5 Å². The molecule has 3 heteroatoms. The molecule has 0 atom stereocenters. The summed E-state index contributed by atoms with van der Waals surface area (Å²) in [6, 6.07) is 3.85. The van der Waals surface area contributed by atoms with E-state index in [9.17, 15) is 0 Å². The molecular weight excluding hydrogens is 150 g/mol. The van der Waals surface area contributed by atoms with Gasteiger partial charge in [-0.1, -0.05) is 0 Å². The van der Waals surface area contributed by atoms with Crippen LogP contribution in [0.2, 0.25) is 0 Å². The summed E-state index contributed by atoms with van der Waals surface area (Å²) in [6.07, 6.45) is 7.10. The normalized spacial score (nSPS) is 15.2. The third-order valence-corrected chi connectivity index (χ3v) is 1.94. The summed E-state index contributed by atoms with van der Waals surface area (Å²) in [5.41, 5.74) is 5.19. The minimum Gasteiger partial charge on any atom is -0.277 e. The van der Waals surface area contributed by atoms with E-state index in [-0.39, 0.29) is 0 Å². The van der Waals surface area contributed by atoms with Gasteiger partial charge in [-0.25, -0.2) is 0 Å². The molecule has 0 unspecified atom stereocenters. The minimum absolute atomic E-state index is 0.955. The van der Waals surface area contributed by atoms with Gasteiger partial charge in [0, 0.05) is 11.9 Å². The molecule has 0 saturated heterocycles. The number of hydrogen-bond donors (Lipinski definition) is 1. The van der Waals surface area contributed by atoms with Crippen LogP contribution in [0.3, 0.4) is 0 Å². The second-order valence-corrected chi connectivity index (χ2v) is 2.89. The van der Waals surface area contributed by atoms with E-state index in [0.717, 1.165) is 18.5 Å². The van der Waals surface area contributed by atoms with E-state index >= 15 is 0 Å². The molecule has 1 saturated carbocycles. The van der Waals surface area contributed by atoms with Crippen LogP contribution >= 0.6 is 0 Å². The molecule has 0 radical (unpaired) electrons. The van der Waals surface area contributed by atoms with Crippen LogP contribution in [0, 0.1) is 0 Å². The molecule has 0 aliphatic heterocycles. The van der Waals surface area contributed by atoms with E-state index in [1.807, 2.05) is 12.1 Å². The average Bonchev–Trinajstić information content (AvgIpc) is 2.04. The smallest absolute Gasteiger partial charge is 0.0745 e. The number of pyridine rings is 1. The maximum atomic E-state index is 4.23. The van der Waals surface area contributed by atoms with Gasteiger partial charge in [0.25, 0.3) is 0 Å². The lowest BCUT2D eigenvalue weighted by Crippen LogP contribution is -2.11. The van der Waals surface area contributed by atoms with E-state index in [4.69, 9.17) is 0 Å². The highest BCUT2D eigenvalue weighted by Gasteiger charge is 2.09. The summed E-state index contributed by atoms with van der Waals surface area (Å²) < 4.78 is 0. The first-order chi connectivity index (χ1) is 5.95. The predicted octanol–water partition coefficient (Wildman–Crippen LogP) is 2.03. The summed E-state index contributed by atoms with van der Waals surface area (Å²) in [5, 5.41) is 4.23. The van der Waals surface area contributed by atoms with Gasteiger partial charge in [-0.2, -0.15) is 5.10 Å². The Bertz CT molecular complexity index is 273. The molecule has 0 amide bonds. The van der Waals surface area contributed by atoms with Gasteiger partial charge in [-0.05, 0) is 31.4 Å². The second kappa shape index (κ2) is 3.34. The first-order valence-electron chi connectivity index (χ1n) is 4.16. The Balaban J connectivity index is 1.95. The maximum absolute atomic E-state index is 4.23. The Morgan fingerprint density at radius 2 is 2.33 bits per heavy atom. The molecule has 1 aliphatic carbocycles. The molecule has 1 heterocycles. The topological polar surface area (TPSA) is 37.3 Å². The van der Waals surface area contributed by atoms with Gasteiger partial charge in [0.2, 0.25) is 0 Å². The third kappa shape index (κ3) is 1.61. The number of rotatable bonds is 2. The number of nitrogens with one attached hydrogen (secondary N) is 1. The SMILES string of the molecule is c1cncc(NN=C2CCC2)c1. The fourth-order valence-electron chi connectivity index (χ4n) is 1.02. The van der Waals surface area contributed by atoms with Crippen molar-refractivity contribution in [3.8, 4) is 0 Å². The first kappa shape index (κ1) is 7.28. The fourth-order valence-corrected chi connectivity index (χ4v) is 1.02. The highest BCUT2D eigenvalue weighted by atomic mass is 15.3. The van der Waals surface area contributed by atoms with Crippen molar-refractivity contribution in [3.05, 3.63) is 24.5 Å². The third-order valence-electron chi connectivity index (χ3n) is 1.94. The number of aromatic nitrogens is 1. The van der Waals surface area contributed by atoms with Crippen LogP contribution in [-0.2, 0) is 0 Å². The van der Waals surface area contributed by atoms with Crippen molar-refractivity contribution < 1.29 is 0 Å². The summed E-state index contributed by atoms with van der Waals surface area (Å²) in [4.78, 5) is 3.97. The van der Waals surface area contributed by atoms with Crippen molar-refractivity contribution >= 4 is 11.4 Å². The standard InChI is InChI=1S/C9H11N3/c1-3-8(4-1)11-12-9-5-2-6-10-7-9/h2,5-7,12H,1,3-4H2. The van der Waals surface area contributed by atoms with Crippen LogP contribution in [0.5, 0.6) is 0 Å². The zero-order valence-corrected chi connectivity index (χ0v) is 6.83. The lowest BCUT2D eigenvalue weighted by Gasteiger charge is -2.13. The molecular formula is C9H11N3. The lowest BCUT2D eigenvalue weighted by atomic mass is 9.98. The minimum atomic E-state index is 0.955. The van der Waals surface area contributed by atoms with Crippen LogP contribution in [0.15, 0.2) is 29.6 Å². The van der Waals surface area contributed by atoms with E-state index in [2.05, 4.69) is 15.5 Å². The van der Waals surface area contributed by atoms with Crippen molar-refractivity contribution in [1.29, 1.82) is 0 Å². The second-order valence-electron chi connectivity index (χ2n) is 2.89. The van der Waals surface area contributed by atoms with Gasteiger partial charge in [-0.15, -0.1) is 0 Å². The first-order valence-corrected chi connectivity index (χ1v) is 4.16. The van der Waals surface area contributed by atoms with Gasteiger partial charge in [0.15, 0.2) is 0 Å². The molecule has 1 aromatic heterocycles. The number of hydrazone groups is 1. The molecule has 2 rings (SSSR count). The molecule has 1 aromatic rings. The van der Waals surface area contributed by atoms with Crippen molar-refractivity contribution in [2.75, 3.05) is 5.43 Å². The maximum Gasteiger partial charge on any atom is 0.0745 e. The average molecular weight is 161 g/mol. The Morgan fingerprint density at radius 3 is 2.92 bits per heavy atom. The van der Waals surface area contributed by atoms with Crippen molar-refractivity contribution in [2.24, 2.45) is 5.10 Å². The van der Waals surface area contributed by atoms with Crippen molar-refractivity contribution in [1.82, 2.24) is 4.98 Å². The Hall–Kier alpha value is -1.38. The van der Waals surface area contributed by atoms with Crippen molar-refractivity contribution in [2.45, 2.75) is 19.3 Å². The van der Waals surface area contributed by atoms with Gasteiger partial charge in [0.05, 0.1) is 11.9 Å². The number of anilines is 1. The van der Waals surface area contributed by atoms with Crippen LogP contribution < -0.4 is 5.43 Å². The van der Waals surface area contributed by atoms with E-state index in [1.54, 1.807) is 12.4 Å². The van der Waals surface area contributed by atoms with Gasteiger partial charge in [-0.3, -0.25) is 10.4 Å². The number of hydrogen-bond acceptors (Lipinski definition) is 3. The molecule has 1 N–H and O–H groups in total. The van der Waals surface area contributed by atoms with Gasteiger partial charge >= 0.3 is 0 Å². The molecule has 1 aliphatic rings. The number of nitrogens with zero attached hydrogens (tertiary/aromatic N) is 2.